The highest BCUT2D eigenvalue weighted by atomic mass is 16.4. The molecule has 1 amide bonds. The van der Waals surface area contributed by atoms with Crippen molar-refractivity contribution in [1.29, 1.82) is 0 Å². The van der Waals surface area contributed by atoms with Crippen LogP contribution in [-0.2, 0) is 14.4 Å². The van der Waals surface area contributed by atoms with Gasteiger partial charge in [-0.05, 0) is 6.42 Å². The molecule has 0 heterocycles. The highest BCUT2D eigenvalue weighted by Gasteiger charge is 2.15. The standard InChI is InChI=1S/C11H20N2O4/c1-7(2)9(14)5-6-13-11(17)8(12)3-4-10(15)16/h7-8H,3-6,12H2,1-2H3,(H,13,17)(H,15,16). The van der Waals surface area contributed by atoms with E-state index in [1.54, 1.807) is 13.8 Å². The minimum Gasteiger partial charge on any atom is -0.481 e. The van der Waals surface area contributed by atoms with Gasteiger partial charge in [0.05, 0.1) is 6.04 Å². The Kier molecular flexibility index (Phi) is 7.13. The number of amides is 1. The molecule has 0 aromatic rings. The second-order valence-electron chi connectivity index (χ2n) is 4.20. The first-order valence-electron chi connectivity index (χ1n) is 5.62. The van der Waals surface area contributed by atoms with E-state index in [-0.39, 0.29) is 37.5 Å². The van der Waals surface area contributed by atoms with Gasteiger partial charge in [-0.15, -0.1) is 0 Å². The lowest BCUT2D eigenvalue weighted by atomic mass is 10.1. The lowest BCUT2D eigenvalue weighted by Crippen LogP contribution is -2.41. The van der Waals surface area contributed by atoms with E-state index in [0.29, 0.717) is 0 Å². The van der Waals surface area contributed by atoms with Gasteiger partial charge >= 0.3 is 5.97 Å². The highest BCUT2D eigenvalue weighted by Crippen LogP contribution is 1.98. The smallest absolute Gasteiger partial charge is 0.303 e. The summed E-state index contributed by atoms with van der Waals surface area (Å²) in [6, 6.07) is -0.833. The zero-order chi connectivity index (χ0) is 13.4. The maximum absolute atomic E-state index is 11.4. The molecule has 0 fully saturated rings. The van der Waals surface area contributed by atoms with Crippen molar-refractivity contribution in [3.05, 3.63) is 0 Å². The summed E-state index contributed by atoms with van der Waals surface area (Å²) in [6.45, 7) is 3.84. The SMILES string of the molecule is CC(C)C(=O)CCNC(=O)C(N)CCC(=O)O. The summed E-state index contributed by atoms with van der Waals surface area (Å²) in [6.07, 6.45) is 0.230. The number of Topliss-reactive ketones (excluding diaryl/α,β-unsaturated/α-hetero) is 1. The number of rotatable bonds is 8. The van der Waals surface area contributed by atoms with E-state index >= 15 is 0 Å². The Balaban J connectivity index is 3.78. The molecule has 17 heavy (non-hydrogen) atoms. The number of aliphatic carboxylic acids is 1. The predicted octanol–water partition coefficient (Wildman–Crippen LogP) is -0.0901. The molecule has 0 aromatic carbocycles. The van der Waals surface area contributed by atoms with Crippen molar-refractivity contribution in [2.75, 3.05) is 6.54 Å². The number of carbonyl (C=O) groups excluding carboxylic acids is 2. The van der Waals surface area contributed by atoms with Crippen LogP contribution >= 0.6 is 0 Å². The van der Waals surface area contributed by atoms with Crippen molar-refractivity contribution < 1.29 is 19.5 Å². The molecule has 0 aromatic heterocycles. The maximum Gasteiger partial charge on any atom is 0.303 e. The number of hydrogen-bond donors (Lipinski definition) is 3. The molecule has 0 rings (SSSR count). The Morgan fingerprint density at radius 1 is 1.24 bits per heavy atom. The molecule has 0 aliphatic heterocycles. The van der Waals surface area contributed by atoms with Gasteiger partial charge in [0.25, 0.3) is 0 Å². The highest BCUT2D eigenvalue weighted by molar-refractivity contribution is 5.84. The van der Waals surface area contributed by atoms with E-state index in [9.17, 15) is 14.4 Å². The van der Waals surface area contributed by atoms with Gasteiger partial charge < -0.3 is 16.2 Å². The molecule has 98 valence electrons. The molecule has 0 saturated heterocycles. The lowest BCUT2D eigenvalue weighted by molar-refractivity contribution is -0.137. The fraction of sp³-hybridized carbons (Fsp3) is 0.727. The van der Waals surface area contributed by atoms with Crippen LogP contribution in [0.2, 0.25) is 0 Å². The Hall–Kier alpha value is -1.43. The zero-order valence-corrected chi connectivity index (χ0v) is 10.2. The molecular formula is C11H20N2O4. The van der Waals surface area contributed by atoms with Crippen LogP contribution in [0.1, 0.15) is 33.1 Å². The van der Waals surface area contributed by atoms with Crippen LogP contribution < -0.4 is 11.1 Å². The summed E-state index contributed by atoms with van der Waals surface area (Å²) in [7, 11) is 0. The molecule has 0 saturated carbocycles. The van der Waals surface area contributed by atoms with Crippen molar-refractivity contribution in [2.24, 2.45) is 11.7 Å². The minimum absolute atomic E-state index is 0.0485. The van der Waals surface area contributed by atoms with E-state index in [0.717, 1.165) is 0 Å². The van der Waals surface area contributed by atoms with Gasteiger partial charge in [0.1, 0.15) is 5.78 Å². The molecule has 4 N–H and O–H groups in total. The first-order chi connectivity index (χ1) is 7.84. The molecule has 6 nitrogen and oxygen atoms in total. The third-order valence-electron chi connectivity index (χ3n) is 2.32. The van der Waals surface area contributed by atoms with Gasteiger partial charge in [0, 0.05) is 25.3 Å². The molecule has 1 unspecified atom stereocenters. The van der Waals surface area contributed by atoms with Crippen LogP contribution in [0.15, 0.2) is 0 Å². The minimum atomic E-state index is -0.983. The van der Waals surface area contributed by atoms with Gasteiger partial charge in [-0.3, -0.25) is 14.4 Å². The van der Waals surface area contributed by atoms with Crippen LogP contribution in [0, 0.1) is 5.92 Å². The Morgan fingerprint density at radius 3 is 2.29 bits per heavy atom. The summed E-state index contributed by atoms with van der Waals surface area (Å²) in [5.41, 5.74) is 5.48. The average Bonchev–Trinajstić information content (AvgIpc) is 2.25. The predicted molar refractivity (Wildman–Crippen MR) is 62.3 cm³/mol. The summed E-state index contributed by atoms with van der Waals surface area (Å²) >= 11 is 0. The average molecular weight is 244 g/mol. The molecule has 0 aliphatic rings. The van der Waals surface area contributed by atoms with Crippen molar-refractivity contribution in [2.45, 2.75) is 39.2 Å². The zero-order valence-electron chi connectivity index (χ0n) is 10.2. The third kappa shape index (κ3) is 7.46. The van der Waals surface area contributed by atoms with Crippen molar-refractivity contribution in [3.8, 4) is 0 Å². The normalized spacial score (nSPS) is 12.2. The number of nitrogens with one attached hydrogen (secondary N) is 1. The summed E-state index contributed by atoms with van der Waals surface area (Å²) in [5, 5.41) is 10.9. The summed E-state index contributed by atoms with van der Waals surface area (Å²) < 4.78 is 0. The van der Waals surface area contributed by atoms with Crippen molar-refractivity contribution >= 4 is 17.7 Å². The summed E-state index contributed by atoms with van der Waals surface area (Å²) in [5.74, 6) is -1.37. The number of carboxylic acid groups (broad SMARTS) is 1. The molecular weight excluding hydrogens is 224 g/mol. The van der Waals surface area contributed by atoms with Crippen molar-refractivity contribution in [1.82, 2.24) is 5.32 Å². The van der Waals surface area contributed by atoms with Crippen LogP contribution in [0.4, 0.5) is 0 Å². The van der Waals surface area contributed by atoms with Gasteiger partial charge in [-0.2, -0.15) is 0 Å². The Labute approximate surface area is 101 Å². The van der Waals surface area contributed by atoms with E-state index in [1.807, 2.05) is 0 Å². The van der Waals surface area contributed by atoms with Crippen LogP contribution in [0.25, 0.3) is 0 Å². The summed E-state index contributed by atoms with van der Waals surface area (Å²) in [4.78, 5) is 32.9. The monoisotopic (exact) mass is 244 g/mol. The van der Waals surface area contributed by atoms with E-state index < -0.39 is 17.9 Å². The number of carbonyl (C=O) groups is 3. The number of ketones is 1. The quantitative estimate of drug-likeness (QED) is 0.552. The first-order valence-corrected chi connectivity index (χ1v) is 5.62. The fourth-order valence-electron chi connectivity index (χ4n) is 1.14. The fourth-order valence-corrected chi connectivity index (χ4v) is 1.14. The molecule has 1 atom stereocenters. The van der Waals surface area contributed by atoms with Crippen LogP contribution in [0.3, 0.4) is 0 Å². The number of hydrogen-bond acceptors (Lipinski definition) is 4. The topological polar surface area (TPSA) is 109 Å². The lowest BCUT2D eigenvalue weighted by Gasteiger charge is -2.11. The van der Waals surface area contributed by atoms with E-state index in [2.05, 4.69) is 5.32 Å². The van der Waals surface area contributed by atoms with E-state index in [1.165, 1.54) is 0 Å². The first kappa shape index (κ1) is 15.6. The van der Waals surface area contributed by atoms with Crippen molar-refractivity contribution in [3.63, 3.8) is 0 Å². The van der Waals surface area contributed by atoms with E-state index in [4.69, 9.17) is 10.8 Å². The number of carboxylic acids is 1. The second-order valence-corrected chi connectivity index (χ2v) is 4.20. The Morgan fingerprint density at radius 2 is 1.82 bits per heavy atom. The van der Waals surface area contributed by atoms with Crippen LogP contribution in [0.5, 0.6) is 0 Å². The van der Waals surface area contributed by atoms with Gasteiger partial charge in [-0.25, -0.2) is 0 Å². The largest absolute Gasteiger partial charge is 0.481 e. The second kappa shape index (κ2) is 7.78. The Bertz CT molecular complexity index is 289. The number of nitrogens with two attached hydrogens (primary N) is 1. The molecule has 0 bridgehead atoms. The maximum atomic E-state index is 11.4. The third-order valence-corrected chi connectivity index (χ3v) is 2.32. The molecule has 0 spiro atoms. The molecule has 6 heteroatoms. The molecule has 0 radical (unpaired) electrons. The van der Waals surface area contributed by atoms with Gasteiger partial charge in [-0.1, -0.05) is 13.8 Å². The van der Waals surface area contributed by atoms with Crippen LogP contribution in [-0.4, -0.2) is 35.4 Å². The van der Waals surface area contributed by atoms with Gasteiger partial charge in [0.15, 0.2) is 0 Å². The molecule has 0 aliphatic carbocycles. The van der Waals surface area contributed by atoms with Gasteiger partial charge in [0.2, 0.25) is 5.91 Å².